The van der Waals surface area contributed by atoms with Gasteiger partial charge < -0.3 is 10.1 Å². The first-order valence-corrected chi connectivity index (χ1v) is 15.6. The van der Waals surface area contributed by atoms with E-state index in [1.807, 2.05) is 61.5 Å². The van der Waals surface area contributed by atoms with Crippen LogP contribution in [0.5, 0.6) is 0 Å². The fraction of sp³-hybridized carbons (Fsp3) is 0.200. The lowest BCUT2D eigenvalue weighted by Gasteiger charge is -2.18. The monoisotopic (exact) mass is 579 g/mol. The van der Waals surface area contributed by atoms with Crippen LogP contribution in [0.4, 0.5) is 4.79 Å². The first kappa shape index (κ1) is 29.0. The Labute approximate surface area is 247 Å². The number of benzene rings is 4. The number of carbonyl (C=O) groups excluding carboxylic acids is 2. The van der Waals surface area contributed by atoms with Crippen LogP contribution in [0.1, 0.15) is 34.6 Å². The molecule has 0 aliphatic heterocycles. The summed E-state index contributed by atoms with van der Waals surface area (Å²) >= 11 is 0. The van der Waals surface area contributed by atoms with Crippen LogP contribution in [-0.4, -0.2) is 38.7 Å². The smallest absolute Gasteiger partial charge is 0.407 e. The van der Waals surface area contributed by atoms with E-state index >= 15 is 0 Å². The first-order valence-electron chi connectivity index (χ1n) is 14.0. The summed E-state index contributed by atoms with van der Waals surface area (Å²) in [5, 5.41) is 2.88. The number of allylic oxidation sites excluding steroid dienone is 1. The molecule has 0 saturated carbocycles. The number of carbonyl (C=O) groups is 2. The van der Waals surface area contributed by atoms with Gasteiger partial charge in [0.2, 0.25) is 0 Å². The van der Waals surface area contributed by atoms with E-state index in [0.29, 0.717) is 6.42 Å². The lowest BCUT2D eigenvalue weighted by molar-refractivity contribution is -0.114. The van der Waals surface area contributed by atoms with Crippen LogP contribution in [-0.2, 0) is 25.8 Å². The van der Waals surface area contributed by atoms with Gasteiger partial charge in [-0.05, 0) is 59.4 Å². The molecule has 5 rings (SSSR count). The molecule has 1 N–H and O–H groups in total. The number of fused-ring (bicyclic) bond motifs is 3. The molecule has 4 aromatic carbocycles. The van der Waals surface area contributed by atoms with E-state index in [9.17, 15) is 18.0 Å². The lowest BCUT2D eigenvalue weighted by atomic mass is 9.98. The molecule has 1 atom stereocenters. The van der Waals surface area contributed by atoms with E-state index in [2.05, 4.69) is 29.6 Å². The predicted molar refractivity (Wildman–Crippen MR) is 164 cm³/mol. The molecular formula is C35H33NO5S. The van der Waals surface area contributed by atoms with Crippen LogP contribution in [0.15, 0.2) is 120 Å². The number of aryl methyl sites for hydroxylation is 1. The average Bonchev–Trinajstić information content (AvgIpc) is 3.32. The Morgan fingerprint density at radius 3 is 2.07 bits per heavy atom. The molecule has 0 spiro atoms. The van der Waals surface area contributed by atoms with Gasteiger partial charge in [0.05, 0.1) is 16.7 Å². The maximum absolute atomic E-state index is 13.0. The van der Waals surface area contributed by atoms with Crippen molar-refractivity contribution in [2.24, 2.45) is 0 Å². The van der Waals surface area contributed by atoms with Gasteiger partial charge in [-0.25, -0.2) is 13.2 Å². The minimum atomic E-state index is -3.58. The molecule has 0 fully saturated rings. The van der Waals surface area contributed by atoms with Crippen LogP contribution < -0.4 is 5.32 Å². The number of ether oxygens (including phenoxy) is 1. The molecule has 0 heterocycles. The number of amides is 1. The molecule has 42 heavy (non-hydrogen) atoms. The van der Waals surface area contributed by atoms with E-state index in [1.54, 1.807) is 30.3 Å². The lowest BCUT2D eigenvalue weighted by Crippen LogP contribution is -2.36. The van der Waals surface area contributed by atoms with Gasteiger partial charge in [-0.1, -0.05) is 103 Å². The third kappa shape index (κ3) is 7.04. The molecule has 4 aromatic rings. The maximum atomic E-state index is 13.0. The molecule has 1 amide bonds. The quantitative estimate of drug-likeness (QED) is 0.207. The van der Waals surface area contributed by atoms with Gasteiger partial charge in [0.15, 0.2) is 15.6 Å². The fourth-order valence-corrected chi connectivity index (χ4v) is 6.49. The van der Waals surface area contributed by atoms with E-state index < -0.39 is 22.0 Å². The van der Waals surface area contributed by atoms with E-state index in [1.165, 1.54) is 6.08 Å². The van der Waals surface area contributed by atoms with Gasteiger partial charge in [0.25, 0.3) is 0 Å². The molecule has 0 bridgehead atoms. The predicted octanol–water partition coefficient (Wildman–Crippen LogP) is 6.43. The molecule has 0 aromatic heterocycles. The second-order valence-corrected chi connectivity index (χ2v) is 12.6. The zero-order chi connectivity index (χ0) is 29.5. The van der Waals surface area contributed by atoms with Crippen LogP contribution in [0, 0.1) is 6.92 Å². The first-order chi connectivity index (χ1) is 20.3. The Kier molecular flexibility index (Phi) is 8.98. The SMILES string of the molecule is Cc1ccc(S(=O)(=O)CCC(=O)/C=C/[C@H](Cc2ccccc2)NC(=O)OCC2c3ccccc3-c3ccccc32)cc1. The van der Waals surface area contributed by atoms with E-state index in [4.69, 9.17) is 4.74 Å². The second kappa shape index (κ2) is 13.0. The van der Waals surface area contributed by atoms with Crippen molar-refractivity contribution in [1.82, 2.24) is 5.32 Å². The number of sulfone groups is 1. The highest BCUT2D eigenvalue weighted by Gasteiger charge is 2.29. The maximum Gasteiger partial charge on any atom is 0.407 e. The van der Waals surface area contributed by atoms with Crippen molar-refractivity contribution in [2.75, 3.05) is 12.4 Å². The molecule has 0 unspecified atom stereocenters. The number of hydrogen-bond acceptors (Lipinski definition) is 5. The zero-order valence-electron chi connectivity index (χ0n) is 23.4. The third-order valence-corrected chi connectivity index (χ3v) is 9.19. The number of rotatable bonds is 11. The highest BCUT2D eigenvalue weighted by molar-refractivity contribution is 7.91. The number of ketones is 1. The van der Waals surface area contributed by atoms with Crippen LogP contribution >= 0.6 is 0 Å². The summed E-state index contributed by atoms with van der Waals surface area (Å²) in [5.74, 6) is -0.691. The van der Waals surface area contributed by atoms with Crippen molar-refractivity contribution in [3.05, 3.63) is 138 Å². The van der Waals surface area contributed by atoms with Crippen molar-refractivity contribution in [3.63, 3.8) is 0 Å². The molecule has 214 valence electrons. The van der Waals surface area contributed by atoms with Crippen molar-refractivity contribution in [3.8, 4) is 11.1 Å². The van der Waals surface area contributed by atoms with E-state index in [-0.39, 0.29) is 35.4 Å². The molecule has 0 saturated heterocycles. The van der Waals surface area contributed by atoms with Crippen LogP contribution in [0.3, 0.4) is 0 Å². The Hall–Kier alpha value is -4.49. The fourth-order valence-electron chi connectivity index (χ4n) is 5.23. The summed E-state index contributed by atoms with van der Waals surface area (Å²) in [6, 6.07) is 31.9. The number of nitrogens with one attached hydrogen (secondary N) is 1. The Morgan fingerprint density at radius 1 is 0.833 bits per heavy atom. The highest BCUT2D eigenvalue weighted by atomic mass is 32.2. The summed E-state index contributed by atoms with van der Waals surface area (Å²) in [4.78, 5) is 25.8. The Balaban J connectivity index is 1.22. The Bertz CT molecular complexity index is 1650. The van der Waals surface area contributed by atoms with Gasteiger partial charge >= 0.3 is 6.09 Å². The van der Waals surface area contributed by atoms with Crippen LogP contribution in [0.2, 0.25) is 0 Å². The zero-order valence-corrected chi connectivity index (χ0v) is 24.2. The molecular weight excluding hydrogens is 546 g/mol. The number of hydrogen-bond donors (Lipinski definition) is 1. The van der Waals surface area contributed by atoms with Gasteiger partial charge in [-0.15, -0.1) is 0 Å². The van der Waals surface area contributed by atoms with Gasteiger partial charge in [-0.2, -0.15) is 0 Å². The summed E-state index contributed by atoms with van der Waals surface area (Å²) in [6.45, 7) is 2.06. The molecule has 6 nitrogen and oxygen atoms in total. The largest absolute Gasteiger partial charge is 0.449 e. The van der Waals surface area contributed by atoms with Gasteiger partial charge in [0, 0.05) is 12.3 Å². The van der Waals surface area contributed by atoms with Crippen molar-refractivity contribution < 1.29 is 22.7 Å². The second-order valence-electron chi connectivity index (χ2n) is 10.5. The van der Waals surface area contributed by atoms with Crippen molar-refractivity contribution in [2.45, 2.75) is 36.6 Å². The summed E-state index contributed by atoms with van der Waals surface area (Å²) < 4.78 is 31.0. The van der Waals surface area contributed by atoms with E-state index in [0.717, 1.165) is 33.4 Å². The molecule has 0 radical (unpaired) electrons. The topological polar surface area (TPSA) is 89.5 Å². The highest BCUT2D eigenvalue weighted by Crippen LogP contribution is 2.44. The normalized spacial score (nSPS) is 13.4. The molecule has 1 aliphatic rings. The minimum Gasteiger partial charge on any atom is -0.449 e. The average molecular weight is 580 g/mol. The van der Waals surface area contributed by atoms with Crippen LogP contribution in [0.25, 0.3) is 11.1 Å². The van der Waals surface area contributed by atoms with Gasteiger partial charge in [0.1, 0.15) is 6.61 Å². The Morgan fingerprint density at radius 2 is 1.43 bits per heavy atom. The minimum absolute atomic E-state index is 0.0664. The third-order valence-electron chi connectivity index (χ3n) is 7.46. The van der Waals surface area contributed by atoms with Crippen molar-refractivity contribution >= 4 is 21.7 Å². The standard InChI is InChI=1S/C35H33NO5S/c1-25-15-19-29(20-16-25)42(39,40)22-21-28(37)18-17-27(23-26-9-3-2-4-10-26)36-35(38)41-24-34-32-13-7-5-11-30(32)31-12-6-8-14-33(31)34/h2-20,27,34H,21-24H2,1H3,(H,36,38)/b18-17+/t27-/m1/s1. The summed E-state index contributed by atoms with van der Waals surface area (Å²) in [6.07, 6.45) is 2.65. The molecule has 7 heteroatoms. The van der Waals surface area contributed by atoms with Crippen molar-refractivity contribution in [1.29, 1.82) is 0 Å². The van der Waals surface area contributed by atoms with Gasteiger partial charge in [-0.3, -0.25) is 4.79 Å². The summed E-state index contributed by atoms with van der Waals surface area (Å²) in [5.41, 5.74) is 6.48. The molecule has 1 aliphatic carbocycles. The number of alkyl carbamates (subject to hydrolysis) is 1. The summed E-state index contributed by atoms with van der Waals surface area (Å²) in [7, 11) is -3.58.